The van der Waals surface area contributed by atoms with Crippen molar-refractivity contribution in [3.63, 3.8) is 0 Å². The molecule has 1 aromatic rings. The molecule has 1 aromatic heterocycles. The summed E-state index contributed by atoms with van der Waals surface area (Å²) in [5, 5.41) is 12.1. The Morgan fingerprint density at radius 2 is 2.05 bits per heavy atom. The summed E-state index contributed by atoms with van der Waals surface area (Å²) >= 11 is 0. The van der Waals surface area contributed by atoms with E-state index < -0.39 is 0 Å². The molecule has 1 aliphatic carbocycles. The molecule has 0 saturated heterocycles. The number of hydrazine groups is 1. The molecule has 7 nitrogen and oxygen atoms in total. The van der Waals surface area contributed by atoms with Crippen LogP contribution in [0.1, 0.15) is 44.3 Å². The fraction of sp³-hybridized carbons (Fsp3) is 0.917. The third-order valence-corrected chi connectivity index (χ3v) is 4.13. The summed E-state index contributed by atoms with van der Waals surface area (Å²) in [6.07, 6.45) is 7.59. The summed E-state index contributed by atoms with van der Waals surface area (Å²) < 4.78 is 5.87. The second kappa shape index (κ2) is 6.40. The predicted molar refractivity (Wildman–Crippen MR) is 71.1 cm³/mol. The Morgan fingerprint density at radius 3 is 2.53 bits per heavy atom. The number of nitrogens with one attached hydrogen (secondary N) is 1. The van der Waals surface area contributed by atoms with E-state index >= 15 is 0 Å². The Morgan fingerprint density at radius 1 is 1.37 bits per heavy atom. The predicted octanol–water partition coefficient (Wildman–Crippen LogP) is 0.324. The minimum atomic E-state index is -0.218. The fourth-order valence-electron chi connectivity index (χ4n) is 3.01. The molecule has 0 aliphatic heterocycles. The first-order valence-corrected chi connectivity index (χ1v) is 6.94. The molecule has 3 N–H and O–H groups in total. The summed E-state index contributed by atoms with van der Waals surface area (Å²) in [5.41, 5.74) is 2.69. The maximum absolute atomic E-state index is 5.87. The van der Waals surface area contributed by atoms with Crippen molar-refractivity contribution >= 4 is 0 Å². The van der Waals surface area contributed by atoms with Crippen LogP contribution in [0.3, 0.4) is 0 Å². The standard InChI is InChI=1S/C12H24N6O/c1-18-16-11(15-17-18)9-10(14-13)12(19-2)7-5-3-4-6-8-12/h10,14H,3-9,13H2,1-2H3. The molecule has 108 valence electrons. The van der Waals surface area contributed by atoms with E-state index in [1.807, 2.05) is 0 Å². The number of aromatic nitrogens is 4. The van der Waals surface area contributed by atoms with E-state index in [0.717, 1.165) is 12.8 Å². The van der Waals surface area contributed by atoms with Crippen molar-refractivity contribution in [2.75, 3.05) is 7.11 Å². The number of rotatable bonds is 5. The van der Waals surface area contributed by atoms with Crippen molar-refractivity contribution in [2.24, 2.45) is 12.9 Å². The molecule has 0 aromatic carbocycles. The highest BCUT2D eigenvalue weighted by atomic mass is 16.5. The van der Waals surface area contributed by atoms with E-state index in [9.17, 15) is 0 Å². The first kappa shape index (κ1) is 14.4. The van der Waals surface area contributed by atoms with Crippen molar-refractivity contribution in [2.45, 2.75) is 56.6 Å². The number of methoxy groups -OCH3 is 1. The Labute approximate surface area is 113 Å². The molecule has 0 radical (unpaired) electrons. The number of hydrogen-bond donors (Lipinski definition) is 2. The van der Waals surface area contributed by atoms with Gasteiger partial charge in [0.15, 0.2) is 5.82 Å². The van der Waals surface area contributed by atoms with Crippen molar-refractivity contribution < 1.29 is 4.74 Å². The zero-order chi connectivity index (χ0) is 13.7. The van der Waals surface area contributed by atoms with Gasteiger partial charge in [0.05, 0.1) is 18.7 Å². The number of hydrogen-bond acceptors (Lipinski definition) is 6. The molecule has 19 heavy (non-hydrogen) atoms. The lowest BCUT2D eigenvalue weighted by Crippen LogP contribution is -2.55. The molecular weight excluding hydrogens is 244 g/mol. The minimum absolute atomic E-state index is 0.0137. The van der Waals surface area contributed by atoms with Crippen molar-refractivity contribution in [3.8, 4) is 0 Å². The highest BCUT2D eigenvalue weighted by Crippen LogP contribution is 2.33. The lowest BCUT2D eigenvalue weighted by atomic mass is 9.84. The molecule has 1 saturated carbocycles. The molecule has 7 heteroatoms. The van der Waals surface area contributed by atoms with Crippen LogP contribution in [0.15, 0.2) is 0 Å². The smallest absolute Gasteiger partial charge is 0.176 e. The van der Waals surface area contributed by atoms with Crippen LogP contribution in [-0.4, -0.2) is 39.0 Å². The van der Waals surface area contributed by atoms with Gasteiger partial charge in [-0.25, -0.2) is 0 Å². The van der Waals surface area contributed by atoms with Crippen LogP contribution in [0.4, 0.5) is 0 Å². The zero-order valence-electron chi connectivity index (χ0n) is 11.8. The molecule has 0 bridgehead atoms. The molecule has 1 aliphatic rings. The Bertz CT molecular complexity index is 385. The van der Waals surface area contributed by atoms with Crippen molar-refractivity contribution in [3.05, 3.63) is 5.82 Å². The van der Waals surface area contributed by atoms with Crippen molar-refractivity contribution in [1.82, 2.24) is 25.6 Å². The number of nitrogens with two attached hydrogens (primary N) is 1. The Hall–Kier alpha value is -1.05. The topological polar surface area (TPSA) is 90.9 Å². The van der Waals surface area contributed by atoms with Gasteiger partial charge in [-0.15, -0.1) is 10.2 Å². The third kappa shape index (κ3) is 3.29. The summed E-state index contributed by atoms with van der Waals surface area (Å²) in [4.78, 5) is 1.47. The van der Waals surface area contributed by atoms with Crippen LogP contribution in [0, 0.1) is 0 Å². The van der Waals surface area contributed by atoms with Gasteiger partial charge in [-0.1, -0.05) is 25.7 Å². The molecule has 1 heterocycles. The van der Waals surface area contributed by atoms with E-state index in [1.54, 1.807) is 14.2 Å². The molecule has 0 spiro atoms. The van der Waals surface area contributed by atoms with Crippen LogP contribution in [-0.2, 0) is 18.2 Å². The van der Waals surface area contributed by atoms with Crippen LogP contribution < -0.4 is 11.3 Å². The average Bonchev–Trinajstić information content (AvgIpc) is 2.69. The van der Waals surface area contributed by atoms with E-state index in [2.05, 4.69) is 20.8 Å². The molecule has 1 unspecified atom stereocenters. The van der Waals surface area contributed by atoms with Gasteiger partial charge in [0, 0.05) is 13.5 Å². The maximum Gasteiger partial charge on any atom is 0.176 e. The van der Waals surface area contributed by atoms with Gasteiger partial charge in [-0.3, -0.25) is 11.3 Å². The Kier molecular flexibility index (Phi) is 4.84. The highest BCUT2D eigenvalue weighted by Gasteiger charge is 2.39. The highest BCUT2D eigenvalue weighted by molar-refractivity contribution is 4.98. The van der Waals surface area contributed by atoms with Gasteiger partial charge < -0.3 is 4.74 Å². The van der Waals surface area contributed by atoms with Crippen molar-refractivity contribution in [1.29, 1.82) is 0 Å². The number of nitrogens with zero attached hydrogens (tertiary/aromatic N) is 4. The van der Waals surface area contributed by atoms with Crippen LogP contribution in [0.2, 0.25) is 0 Å². The lowest BCUT2D eigenvalue weighted by molar-refractivity contribution is -0.0531. The quantitative estimate of drug-likeness (QED) is 0.454. The first-order chi connectivity index (χ1) is 9.20. The molecule has 1 atom stereocenters. The summed E-state index contributed by atoms with van der Waals surface area (Å²) in [6.45, 7) is 0. The van der Waals surface area contributed by atoms with Gasteiger partial charge in [0.25, 0.3) is 0 Å². The summed E-state index contributed by atoms with van der Waals surface area (Å²) in [7, 11) is 3.54. The van der Waals surface area contributed by atoms with Crippen LogP contribution in [0.5, 0.6) is 0 Å². The SMILES string of the molecule is COC1(C(Cc2nnn(C)n2)NN)CCCCCC1. The van der Waals surface area contributed by atoms with E-state index in [1.165, 1.54) is 30.5 Å². The number of aryl methyl sites for hydroxylation is 1. The maximum atomic E-state index is 5.87. The molecule has 1 fully saturated rings. The summed E-state index contributed by atoms with van der Waals surface area (Å²) in [6, 6.07) is 0.0137. The molecule has 2 rings (SSSR count). The van der Waals surface area contributed by atoms with Gasteiger partial charge >= 0.3 is 0 Å². The van der Waals surface area contributed by atoms with Crippen LogP contribution in [0.25, 0.3) is 0 Å². The third-order valence-electron chi connectivity index (χ3n) is 4.13. The number of ether oxygens (including phenoxy) is 1. The molecular formula is C12H24N6O. The largest absolute Gasteiger partial charge is 0.377 e. The minimum Gasteiger partial charge on any atom is -0.377 e. The average molecular weight is 268 g/mol. The normalized spacial score (nSPS) is 21.0. The van der Waals surface area contributed by atoms with E-state index in [0.29, 0.717) is 12.2 Å². The second-order valence-electron chi connectivity index (χ2n) is 5.30. The first-order valence-electron chi connectivity index (χ1n) is 6.94. The van der Waals surface area contributed by atoms with Gasteiger partial charge in [-0.05, 0) is 18.1 Å². The zero-order valence-corrected chi connectivity index (χ0v) is 11.8. The van der Waals surface area contributed by atoms with Gasteiger partial charge in [-0.2, -0.15) is 4.80 Å². The monoisotopic (exact) mass is 268 g/mol. The number of tetrazole rings is 1. The van der Waals surface area contributed by atoms with Crippen LogP contribution >= 0.6 is 0 Å². The fourth-order valence-corrected chi connectivity index (χ4v) is 3.01. The molecule has 0 amide bonds. The van der Waals surface area contributed by atoms with Gasteiger partial charge in [0.1, 0.15) is 0 Å². The Balaban J connectivity index is 2.12. The summed E-state index contributed by atoms with van der Waals surface area (Å²) in [5.74, 6) is 6.46. The van der Waals surface area contributed by atoms with E-state index in [4.69, 9.17) is 10.6 Å². The van der Waals surface area contributed by atoms with E-state index in [-0.39, 0.29) is 11.6 Å². The lowest BCUT2D eigenvalue weighted by Gasteiger charge is -2.38. The van der Waals surface area contributed by atoms with Gasteiger partial charge in [0.2, 0.25) is 0 Å². The second-order valence-corrected chi connectivity index (χ2v) is 5.30.